The SMILES string of the molecule is O=C(O)CS(=O)(=O)Cc1ccc(Cl)cc1F. The van der Waals surface area contributed by atoms with Gasteiger partial charge in [0.25, 0.3) is 0 Å². The second kappa shape index (κ2) is 4.80. The van der Waals surface area contributed by atoms with Crippen LogP contribution in [0.25, 0.3) is 0 Å². The Morgan fingerprint density at radius 2 is 2.06 bits per heavy atom. The van der Waals surface area contributed by atoms with Crippen LogP contribution >= 0.6 is 11.6 Å². The molecule has 0 aliphatic rings. The summed E-state index contributed by atoms with van der Waals surface area (Å²) in [4.78, 5) is 10.3. The average Bonchev–Trinajstić information content (AvgIpc) is 2.07. The summed E-state index contributed by atoms with van der Waals surface area (Å²) < 4.78 is 35.8. The van der Waals surface area contributed by atoms with Crippen molar-refractivity contribution in [1.82, 2.24) is 0 Å². The van der Waals surface area contributed by atoms with E-state index in [0.717, 1.165) is 6.07 Å². The van der Waals surface area contributed by atoms with Gasteiger partial charge in [-0.25, -0.2) is 12.8 Å². The molecule has 1 aromatic rings. The lowest BCUT2D eigenvalue weighted by Crippen LogP contribution is -2.17. The number of carbonyl (C=O) groups is 1. The molecule has 0 bridgehead atoms. The number of benzene rings is 1. The van der Waals surface area contributed by atoms with Crippen LogP contribution in [-0.2, 0) is 20.4 Å². The second-order valence-corrected chi connectivity index (χ2v) is 5.66. The third-order valence-corrected chi connectivity index (χ3v) is 3.41. The first-order chi connectivity index (χ1) is 7.30. The Morgan fingerprint density at radius 1 is 1.44 bits per heavy atom. The first-order valence-corrected chi connectivity index (χ1v) is 6.36. The Hall–Kier alpha value is -1.14. The Bertz CT molecular complexity index is 512. The molecule has 16 heavy (non-hydrogen) atoms. The summed E-state index contributed by atoms with van der Waals surface area (Å²) in [6, 6.07) is 3.54. The van der Waals surface area contributed by atoms with E-state index in [9.17, 15) is 17.6 Å². The smallest absolute Gasteiger partial charge is 0.318 e. The van der Waals surface area contributed by atoms with E-state index in [1.165, 1.54) is 12.1 Å². The van der Waals surface area contributed by atoms with Crippen molar-refractivity contribution in [1.29, 1.82) is 0 Å². The molecule has 0 unspecified atom stereocenters. The van der Waals surface area contributed by atoms with Crippen molar-refractivity contribution in [3.05, 3.63) is 34.6 Å². The molecule has 0 spiro atoms. The topological polar surface area (TPSA) is 71.4 Å². The Labute approximate surface area is 96.6 Å². The van der Waals surface area contributed by atoms with Crippen molar-refractivity contribution in [2.45, 2.75) is 5.75 Å². The lowest BCUT2D eigenvalue weighted by molar-refractivity contribution is -0.134. The molecule has 0 heterocycles. The molecule has 0 atom stereocenters. The molecule has 1 N–H and O–H groups in total. The zero-order valence-electron chi connectivity index (χ0n) is 7.98. The Kier molecular flexibility index (Phi) is 3.88. The maximum atomic E-state index is 13.2. The highest BCUT2D eigenvalue weighted by atomic mass is 35.5. The largest absolute Gasteiger partial charge is 0.480 e. The van der Waals surface area contributed by atoms with Gasteiger partial charge in [-0.05, 0) is 12.1 Å². The molecule has 7 heteroatoms. The molecule has 0 aliphatic heterocycles. The highest BCUT2D eigenvalue weighted by Crippen LogP contribution is 2.17. The maximum absolute atomic E-state index is 13.2. The van der Waals surface area contributed by atoms with Gasteiger partial charge in [-0.15, -0.1) is 0 Å². The number of hydrogen-bond acceptors (Lipinski definition) is 3. The quantitative estimate of drug-likeness (QED) is 0.896. The zero-order valence-corrected chi connectivity index (χ0v) is 9.55. The zero-order chi connectivity index (χ0) is 12.3. The van der Waals surface area contributed by atoms with E-state index in [-0.39, 0.29) is 10.6 Å². The number of aliphatic carboxylic acids is 1. The van der Waals surface area contributed by atoms with E-state index in [0.29, 0.717) is 0 Å². The van der Waals surface area contributed by atoms with E-state index in [2.05, 4.69) is 0 Å². The number of halogens is 2. The average molecular weight is 267 g/mol. The van der Waals surface area contributed by atoms with Gasteiger partial charge in [0.1, 0.15) is 11.6 Å². The summed E-state index contributed by atoms with van der Waals surface area (Å²) in [7, 11) is -3.85. The molecule has 0 aromatic heterocycles. The minimum Gasteiger partial charge on any atom is -0.480 e. The molecule has 1 rings (SSSR count). The summed E-state index contributed by atoms with van der Waals surface area (Å²) in [6.45, 7) is 0. The minimum absolute atomic E-state index is 0.0920. The van der Waals surface area contributed by atoms with E-state index >= 15 is 0 Å². The first kappa shape index (κ1) is 12.9. The van der Waals surface area contributed by atoms with Crippen LogP contribution in [-0.4, -0.2) is 25.2 Å². The summed E-state index contributed by atoms with van der Waals surface area (Å²) in [5.74, 6) is -3.90. The van der Waals surface area contributed by atoms with Crippen molar-refractivity contribution in [3.63, 3.8) is 0 Å². The van der Waals surface area contributed by atoms with Crippen LogP contribution in [0.4, 0.5) is 4.39 Å². The Balaban J connectivity index is 2.92. The molecule has 0 fully saturated rings. The molecule has 0 saturated heterocycles. The van der Waals surface area contributed by atoms with Gasteiger partial charge in [-0.3, -0.25) is 4.79 Å². The predicted octanol–water partition coefficient (Wildman–Crippen LogP) is 1.48. The number of rotatable bonds is 4. The van der Waals surface area contributed by atoms with Crippen molar-refractivity contribution in [2.24, 2.45) is 0 Å². The molecular formula is C9H8ClFO4S. The molecule has 0 saturated carbocycles. The van der Waals surface area contributed by atoms with Gasteiger partial charge in [0.2, 0.25) is 0 Å². The third kappa shape index (κ3) is 3.79. The van der Waals surface area contributed by atoms with Crippen LogP contribution in [0.15, 0.2) is 18.2 Å². The van der Waals surface area contributed by atoms with Crippen LogP contribution < -0.4 is 0 Å². The second-order valence-electron chi connectivity index (χ2n) is 3.16. The molecule has 0 radical (unpaired) electrons. The van der Waals surface area contributed by atoms with Gasteiger partial charge >= 0.3 is 5.97 Å². The van der Waals surface area contributed by atoms with Crippen LogP contribution in [0.1, 0.15) is 5.56 Å². The number of hydrogen-bond donors (Lipinski definition) is 1. The molecule has 0 amide bonds. The van der Waals surface area contributed by atoms with Gasteiger partial charge in [0.15, 0.2) is 9.84 Å². The number of carboxylic acids is 1. The molecular weight excluding hydrogens is 259 g/mol. The van der Waals surface area contributed by atoms with E-state index in [4.69, 9.17) is 16.7 Å². The fourth-order valence-corrected chi connectivity index (χ4v) is 2.46. The van der Waals surface area contributed by atoms with Crippen LogP contribution in [0.5, 0.6) is 0 Å². The Morgan fingerprint density at radius 3 is 2.56 bits per heavy atom. The fourth-order valence-electron chi connectivity index (χ4n) is 1.11. The third-order valence-electron chi connectivity index (χ3n) is 1.73. The van der Waals surface area contributed by atoms with Gasteiger partial charge in [0.05, 0.1) is 5.75 Å². The summed E-state index contributed by atoms with van der Waals surface area (Å²) in [5.41, 5.74) is -0.0920. The van der Waals surface area contributed by atoms with Crippen molar-refractivity contribution in [3.8, 4) is 0 Å². The molecule has 0 aliphatic carbocycles. The van der Waals surface area contributed by atoms with Gasteiger partial charge < -0.3 is 5.11 Å². The van der Waals surface area contributed by atoms with Crippen LogP contribution in [0, 0.1) is 5.82 Å². The first-order valence-electron chi connectivity index (χ1n) is 4.16. The standard InChI is InChI=1S/C9H8ClFO4S/c10-7-2-1-6(8(11)3-7)4-16(14,15)5-9(12)13/h1-3H,4-5H2,(H,12,13). The molecule has 88 valence electrons. The minimum atomic E-state index is -3.85. The van der Waals surface area contributed by atoms with Crippen LogP contribution in [0.2, 0.25) is 5.02 Å². The maximum Gasteiger partial charge on any atom is 0.318 e. The van der Waals surface area contributed by atoms with Gasteiger partial charge in [0, 0.05) is 10.6 Å². The van der Waals surface area contributed by atoms with Gasteiger partial charge in [-0.1, -0.05) is 17.7 Å². The lowest BCUT2D eigenvalue weighted by atomic mass is 10.2. The van der Waals surface area contributed by atoms with E-state index in [1.807, 2.05) is 0 Å². The number of sulfone groups is 1. The summed E-state index contributed by atoms with van der Waals surface area (Å²) in [5, 5.41) is 8.50. The molecule has 1 aromatic carbocycles. The van der Waals surface area contributed by atoms with E-state index < -0.39 is 33.1 Å². The summed E-state index contributed by atoms with van der Waals surface area (Å²) >= 11 is 5.49. The molecule has 4 nitrogen and oxygen atoms in total. The monoisotopic (exact) mass is 266 g/mol. The highest BCUT2D eigenvalue weighted by molar-refractivity contribution is 7.91. The van der Waals surface area contributed by atoms with Gasteiger partial charge in [-0.2, -0.15) is 0 Å². The fraction of sp³-hybridized carbons (Fsp3) is 0.222. The van der Waals surface area contributed by atoms with Crippen molar-refractivity contribution < 1.29 is 22.7 Å². The summed E-state index contributed by atoms with van der Waals surface area (Å²) in [6.07, 6.45) is 0. The normalized spacial score (nSPS) is 11.4. The van der Waals surface area contributed by atoms with Crippen molar-refractivity contribution in [2.75, 3.05) is 5.75 Å². The predicted molar refractivity (Wildman–Crippen MR) is 56.5 cm³/mol. The van der Waals surface area contributed by atoms with Crippen LogP contribution in [0.3, 0.4) is 0 Å². The highest BCUT2D eigenvalue weighted by Gasteiger charge is 2.18. The lowest BCUT2D eigenvalue weighted by Gasteiger charge is -2.03. The van der Waals surface area contributed by atoms with Crippen molar-refractivity contribution >= 4 is 27.4 Å². The number of carboxylic acid groups (broad SMARTS) is 1. The van der Waals surface area contributed by atoms with E-state index in [1.54, 1.807) is 0 Å².